The third kappa shape index (κ3) is 2.89. The van der Waals surface area contributed by atoms with Crippen molar-refractivity contribution in [2.75, 3.05) is 7.11 Å². The van der Waals surface area contributed by atoms with Gasteiger partial charge in [0.15, 0.2) is 5.76 Å². The summed E-state index contributed by atoms with van der Waals surface area (Å²) in [4.78, 5) is 19.4. The molecule has 0 spiro atoms. The van der Waals surface area contributed by atoms with Gasteiger partial charge in [0, 0.05) is 6.92 Å². The Morgan fingerprint density at radius 1 is 1.65 bits per heavy atom. The second-order valence-corrected chi connectivity index (χ2v) is 3.41. The lowest BCUT2D eigenvalue weighted by Crippen LogP contribution is -2.27. The molecule has 0 aliphatic carbocycles. The van der Waals surface area contributed by atoms with Gasteiger partial charge in [-0.2, -0.15) is 4.79 Å². The van der Waals surface area contributed by atoms with E-state index in [1.54, 1.807) is 19.1 Å². The molecule has 90 valence electrons. The SMILES string of the molecule is CO/N=C(\c1ccco1)C(C)C(=O)C(C)=[N+]=[N-]. The molecule has 0 radical (unpaired) electrons. The fourth-order valence-corrected chi connectivity index (χ4v) is 1.35. The molecule has 1 heterocycles. The lowest BCUT2D eigenvalue weighted by atomic mass is 9.96. The first-order chi connectivity index (χ1) is 8.11. The summed E-state index contributed by atoms with van der Waals surface area (Å²) in [5, 5.41) is 3.77. The number of Topliss-reactive ketones (excluding diaryl/α,β-unsaturated/α-hetero) is 1. The summed E-state index contributed by atoms with van der Waals surface area (Å²) in [5.74, 6) is -0.518. The minimum atomic E-state index is -0.614. The van der Waals surface area contributed by atoms with E-state index in [9.17, 15) is 4.79 Å². The van der Waals surface area contributed by atoms with Crippen molar-refractivity contribution in [3.8, 4) is 0 Å². The summed E-state index contributed by atoms with van der Waals surface area (Å²) in [6.07, 6.45) is 1.48. The maximum Gasteiger partial charge on any atom is 0.332 e. The van der Waals surface area contributed by atoms with Gasteiger partial charge in [-0.1, -0.05) is 5.16 Å². The molecule has 0 saturated carbocycles. The monoisotopic (exact) mass is 235 g/mol. The second kappa shape index (κ2) is 5.77. The molecular weight excluding hydrogens is 222 g/mol. The summed E-state index contributed by atoms with van der Waals surface area (Å²) in [7, 11) is 1.38. The van der Waals surface area contributed by atoms with Gasteiger partial charge >= 0.3 is 5.71 Å². The van der Waals surface area contributed by atoms with Crippen molar-refractivity contribution in [1.29, 1.82) is 0 Å². The van der Waals surface area contributed by atoms with E-state index in [0.717, 1.165) is 0 Å². The highest BCUT2D eigenvalue weighted by atomic mass is 16.6. The quantitative estimate of drug-likeness (QED) is 0.335. The van der Waals surface area contributed by atoms with Crippen molar-refractivity contribution in [1.82, 2.24) is 0 Å². The molecule has 0 aromatic carbocycles. The van der Waals surface area contributed by atoms with Gasteiger partial charge in [0.1, 0.15) is 12.8 Å². The van der Waals surface area contributed by atoms with Crippen LogP contribution in [0.3, 0.4) is 0 Å². The Balaban J connectivity index is 3.06. The van der Waals surface area contributed by atoms with Gasteiger partial charge in [-0.25, -0.2) is 0 Å². The summed E-state index contributed by atoms with van der Waals surface area (Å²) >= 11 is 0. The average Bonchev–Trinajstić information content (AvgIpc) is 2.86. The molecule has 1 rings (SSSR count). The summed E-state index contributed by atoms with van der Waals surface area (Å²) in [5.41, 5.74) is 8.93. The number of furan rings is 1. The molecule has 0 fully saturated rings. The maximum atomic E-state index is 11.8. The molecule has 0 bridgehead atoms. The van der Waals surface area contributed by atoms with Crippen LogP contribution in [0.2, 0.25) is 0 Å². The van der Waals surface area contributed by atoms with E-state index in [1.807, 2.05) is 0 Å². The predicted octanol–water partition coefficient (Wildman–Crippen LogP) is 1.53. The van der Waals surface area contributed by atoms with Crippen molar-refractivity contribution >= 4 is 17.2 Å². The van der Waals surface area contributed by atoms with E-state index < -0.39 is 5.92 Å². The average molecular weight is 235 g/mol. The van der Waals surface area contributed by atoms with E-state index in [-0.39, 0.29) is 11.5 Å². The van der Waals surface area contributed by atoms with E-state index >= 15 is 0 Å². The smallest absolute Gasteiger partial charge is 0.332 e. The van der Waals surface area contributed by atoms with Crippen LogP contribution in [-0.4, -0.2) is 29.1 Å². The molecule has 1 aromatic rings. The Morgan fingerprint density at radius 3 is 2.82 bits per heavy atom. The Labute approximate surface area is 98.5 Å². The fraction of sp³-hybridized carbons (Fsp3) is 0.364. The standard InChI is InChI=1S/C11H13N3O3/c1-7(11(15)8(2)13-12)10(14-16-3)9-5-4-6-17-9/h4-7H,1-3H3/b14-10-. The molecule has 6 nitrogen and oxygen atoms in total. The number of carbonyl (C=O) groups is 1. The molecule has 0 aliphatic heterocycles. The largest absolute Gasteiger partial charge is 0.463 e. The number of rotatable bonds is 5. The third-order valence-electron chi connectivity index (χ3n) is 2.27. The highest BCUT2D eigenvalue weighted by molar-refractivity contribution is 6.41. The Morgan fingerprint density at radius 2 is 2.35 bits per heavy atom. The highest BCUT2D eigenvalue weighted by Gasteiger charge is 2.29. The topological polar surface area (TPSA) is 88.2 Å². The van der Waals surface area contributed by atoms with E-state index in [0.29, 0.717) is 11.5 Å². The van der Waals surface area contributed by atoms with Crippen LogP contribution in [0.5, 0.6) is 0 Å². The molecule has 1 atom stereocenters. The zero-order valence-corrected chi connectivity index (χ0v) is 9.88. The van der Waals surface area contributed by atoms with Crippen LogP contribution in [0.4, 0.5) is 0 Å². The number of oxime groups is 1. The first-order valence-corrected chi connectivity index (χ1v) is 4.99. The zero-order valence-electron chi connectivity index (χ0n) is 9.88. The lowest BCUT2D eigenvalue weighted by molar-refractivity contribution is -0.118. The zero-order chi connectivity index (χ0) is 12.8. The van der Waals surface area contributed by atoms with Gasteiger partial charge in [-0.3, -0.25) is 4.79 Å². The highest BCUT2D eigenvalue weighted by Crippen LogP contribution is 2.12. The molecule has 0 saturated heterocycles. The summed E-state index contributed by atoms with van der Waals surface area (Å²) < 4.78 is 5.17. The van der Waals surface area contributed by atoms with Crippen LogP contribution in [0.1, 0.15) is 19.6 Å². The van der Waals surface area contributed by atoms with Gasteiger partial charge in [0.05, 0.1) is 12.2 Å². The van der Waals surface area contributed by atoms with Crippen molar-refractivity contribution in [2.24, 2.45) is 11.1 Å². The van der Waals surface area contributed by atoms with Crippen LogP contribution < -0.4 is 0 Å². The van der Waals surface area contributed by atoms with Crippen LogP contribution in [0, 0.1) is 5.92 Å². The maximum absolute atomic E-state index is 11.8. The van der Waals surface area contributed by atoms with Crippen LogP contribution in [0.15, 0.2) is 28.0 Å². The molecule has 6 heteroatoms. The first kappa shape index (κ1) is 12.9. The van der Waals surface area contributed by atoms with Crippen LogP contribution in [0.25, 0.3) is 5.53 Å². The number of ketones is 1. The van der Waals surface area contributed by atoms with Crippen molar-refractivity contribution in [3.63, 3.8) is 0 Å². The van der Waals surface area contributed by atoms with Crippen molar-refractivity contribution in [2.45, 2.75) is 13.8 Å². The Hall–Kier alpha value is -2.20. The van der Waals surface area contributed by atoms with Gasteiger partial charge in [0.25, 0.3) is 0 Å². The first-order valence-electron chi connectivity index (χ1n) is 4.99. The van der Waals surface area contributed by atoms with Crippen molar-refractivity contribution < 1.29 is 18.8 Å². The number of hydrogen-bond donors (Lipinski definition) is 0. The summed E-state index contributed by atoms with van der Waals surface area (Å²) in [6.45, 7) is 3.06. The molecule has 0 amide bonds. The fourth-order valence-electron chi connectivity index (χ4n) is 1.35. The van der Waals surface area contributed by atoms with E-state index in [4.69, 9.17) is 9.95 Å². The van der Waals surface area contributed by atoms with Gasteiger partial charge < -0.3 is 14.8 Å². The molecule has 0 N–H and O–H groups in total. The van der Waals surface area contributed by atoms with E-state index in [1.165, 1.54) is 20.3 Å². The predicted molar refractivity (Wildman–Crippen MR) is 60.7 cm³/mol. The third-order valence-corrected chi connectivity index (χ3v) is 2.27. The number of carbonyl (C=O) groups excluding carboxylic acids is 1. The van der Waals surface area contributed by atoms with Crippen molar-refractivity contribution in [3.05, 3.63) is 29.7 Å². The van der Waals surface area contributed by atoms with Crippen LogP contribution in [-0.2, 0) is 9.63 Å². The second-order valence-electron chi connectivity index (χ2n) is 3.41. The molecular formula is C11H13N3O3. The van der Waals surface area contributed by atoms with Gasteiger partial charge in [0.2, 0.25) is 5.78 Å². The molecule has 1 aromatic heterocycles. The minimum Gasteiger partial charge on any atom is -0.463 e. The molecule has 17 heavy (non-hydrogen) atoms. The molecule has 0 aliphatic rings. The summed E-state index contributed by atoms with van der Waals surface area (Å²) in [6, 6.07) is 3.36. The van der Waals surface area contributed by atoms with Gasteiger partial charge in [-0.05, 0) is 19.1 Å². The Kier molecular flexibility index (Phi) is 4.37. The number of hydrogen-bond acceptors (Lipinski definition) is 4. The molecule has 1 unspecified atom stereocenters. The van der Waals surface area contributed by atoms with Gasteiger partial charge in [-0.15, -0.1) is 0 Å². The number of nitrogens with zero attached hydrogens (tertiary/aromatic N) is 3. The van der Waals surface area contributed by atoms with Crippen LogP contribution >= 0.6 is 0 Å². The lowest BCUT2D eigenvalue weighted by Gasteiger charge is -2.07. The minimum absolute atomic E-state index is 0.00728. The normalized spacial score (nSPS) is 12.8. The Bertz CT molecular complexity index is 470. The van der Waals surface area contributed by atoms with E-state index in [2.05, 4.69) is 14.8 Å².